The number of hydrogen-bond donors (Lipinski definition) is 2. The van der Waals surface area contributed by atoms with E-state index in [1.54, 1.807) is 36.4 Å². The Bertz CT molecular complexity index is 494. The zero-order valence-corrected chi connectivity index (χ0v) is 13.7. The maximum Gasteiger partial charge on any atom is 0.0603 e. The summed E-state index contributed by atoms with van der Waals surface area (Å²) >= 11 is 30.6. The van der Waals surface area contributed by atoms with E-state index in [0.717, 1.165) is 4.90 Å². The quantitative estimate of drug-likeness (QED) is 0.489. The van der Waals surface area contributed by atoms with Crippen LogP contribution in [0.25, 0.3) is 0 Å². The molecule has 0 fully saturated rings. The van der Waals surface area contributed by atoms with Crippen molar-refractivity contribution in [1.82, 2.24) is 0 Å². The highest BCUT2D eigenvalue weighted by molar-refractivity contribution is 7.80. The SMILES string of the molecule is Sc1cc(Cl)ccc1Cl.Sc1ccc(Cl)c(Cl)c1. The van der Waals surface area contributed by atoms with E-state index in [1.807, 2.05) is 0 Å². The summed E-state index contributed by atoms with van der Waals surface area (Å²) in [6.07, 6.45) is 0. The van der Waals surface area contributed by atoms with Crippen molar-refractivity contribution in [1.29, 1.82) is 0 Å². The third-order valence-corrected chi connectivity index (χ3v) is 3.90. The van der Waals surface area contributed by atoms with Crippen molar-refractivity contribution in [2.75, 3.05) is 0 Å². The molecular weight excluding hydrogens is 350 g/mol. The molecule has 0 aliphatic heterocycles. The molecule has 6 heteroatoms. The van der Waals surface area contributed by atoms with Crippen LogP contribution in [-0.2, 0) is 0 Å². The lowest BCUT2D eigenvalue weighted by atomic mass is 10.4. The van der Waals surface area contributed by atoms with E-state index in [0.29, 0.717) is 25.0 Å². The molecule has 0 N–H and O–H groups in total. The van der Waals surface area contributed by atoms with Crippen LogP contribution in [-0.4, -0.2) is 0 Å². The van der Waals surface area contributed by atoms with Gasteiger partial charge >= 0.3 is 0 Å². The number of hydrogen-bond acceptors (Lipinski definition) is 2. The van der Waals surface area contributed by atoms with Crippen molar-refractivity contribution in [3.63, 3.8) is 0 Å². The summed E-state index contributed by atoms with van der Waals surface area (Å²) in [5, 5.41) is 2.39. The molecule has 18 heavy (non-hydrogen) atoms. The zero-order valence-electron chi connectivity index (χ0n) is 8.87. The first-order valence-electron chi connectivity index (χ1n) is 4.68. The van der Waals surface area contributed by atoms with E-state index in [4.69, 9.17) is 46.4 Å². The van der Waals surface area contributed by atoms with Crippen LogP contribution in [0.1, 0.15) is 0 Å². The number of halogens is 4. The van der Waals surface area contributed by atoms with Crippen molar-refractivity contribution in [2.45, 2.75) is 9.79 Å². The molecule has 2 aromatic rings. The van der Waals surface area contributed by atoms with Crippen molar-refractivity contribution in [3.05, 3.63) is 56.5 Å². The third-order valence-electron chi connectivity index (χ3n) is 1.81. The minimum Gasteiger partial charge on any atom is -0.143 e. The summed E-state index contributed by atoms with van der Waals surface area (Å²) in [7, 11) is 0. The fourth-order valence-corrected chi connectivity index (χ4v) is 2.13. The Morgan fingerprint density at radius 1 is 0.667 bits per heavy atom. The molecule has 0 bridgehead atoms. The Balaban J connectivity index is 0.000000180. The van der Waals surface area contributed by atoms with Gasteiger partial charge in [0.2, 0.25) is 0 Å². The largest absolute Gasteiger partial charge is 0.143 e. The highest BCUT2D eigenvalue weighted by atomic mass is 35.5. The maximum absolute atomic E-state index is 5.65. The first kappa shape index (κ1) is 16.4. The van der Waals surface area contributed by atoms with Gasteiger partial charge in [0.05, 0.1) is 15.1 Å². The van der Waals surface area contributed by atoms with Crippen molar-refractivity contribution in [2.24, 2.45) is 0 Å². The van der Waals surface area contributed by atoms with Gasteiger partial charge in [0.1, 0.15) is 0 Å². The molecule has 0 spiro atoms. The Kier molecular flexibility index (Phi) is 7.07. The van der Waals surface area contributed by atoms with Crippen LogP contribution in [0.4, 0.5) is 0 Å². The van der Waals surface area contributed by atoms with Crippen molar-refractivity contribution < 1.29 is 0 Å². The minimum absolute atomic E-state index is 0.546. The Hall–Kier alpha value is 0.300. The second-order valence-corrected chi connectivity index (χ2v) is 5.85. The third kappa shape index (κ3) is 5.52. The molecule has 0 unspecified atom stereocenters. The van der Waals surface area contributed by atoms with E-state index in [9.17, 15) is 0 Å². The average Bonchev–Trinajstić information content (AvgIpc) is 2.30. The molecular formula is C12H8Cl4S2. The molecule has 2 rings (SSSR count). The van der Waals surface area contributed by atoms with Crippen LogP contribution < -0.4 is 0 Å². The molecule has 0 saturated carbocycles. The summed E-state index contributed by atoms with van der Waals surface area (Å²) < 4.78 is 0. The molecule has 0 nitrogen and oxygen atoms in total. The van der Waals surface area contributed by atoms with Gasteiger partial charge in [-0.1, -0.05) is 46.4 Å². The van der Waals surface area contributed by atoms with E-state index in [-0.39, 0.29) is 0 Å². The van der Waals surface area contributed by atoms with Crippen LogP contribution in [0.15, 0.2) is 46.2 Å². The van der Waals surface area contributed by atoms with E-state index in [2.05, 4.69) is 25.3 Å². The Morgan fingerprint density at radius 2 is 1.28 bits per heavy atom. The van der Waals surface area contributed by atoms with Gasteiger partial charge < -0.3 is 0 Å². The average molecular weight is 358 g/mol. The van der Waals surface area contributed by atoms with Crippen LogP contribution in [0.2, 0.25) is 20.1 Å². The van der Waals surface area contributed by atoms with Gasteiger partial charge in [-0.15, -0.1) is 25.3 Å². The molecule has 0 aliphatic rings. The maximum atomic E-state index is 5.65. The van der Waals surface area contributed by atoms with Gasteiger partial charge in [-0.3, -0.25) is 0 Å². The summed E-state index contributed by atoms with van der Waals surface area (Å²) in [6, 6.07) is 10.3. The molecule has 0 atom stereocenters. The van der Waals surface area contributed by atoms with E-state index >= 15 is 0 Å². The summed E-state index contributed by atoms with van der Waals surface area (Å²) in [5.41, 5.74) is 0. The second-order valence-electron chi connectivity index (χ2n) is 3.19. The minimum atomic E-state index is 0.546. The monoisotopic (exact) mass is 356 g/mol. The van der Waals surface area contributed by atoms with Gasteiger partial charge in [0.15, 0.2) is 0 Å². The zero-order chi connectivity index (χ0) is 13.7. The normalized spacial score (nSPS) is 9.67. The van der Waals surface area contributed by atoms with Gasteiger partial charge in [-0.2, -0.15) is 0 Å². The Morgan fingerprint density at radius 3 is 1.72 bits per heavy atom. The molecule has 0 amide bonds. The molecule has 2 aromatic carbocycles. The predicted molar refractivity (Wildman–Crippen MR) is 87.4 cm³/mol. The van der Waals surface area contributed by atoms with Crippen molar-refractivity contribution in [3.8, 4) is 0 Å². The highest BCUT2D eigenvalue weighted by Gasteiger charge is 1.94. The van der Waals surface area contributed by atoms with Gasteiger partial charge in [0, 0.05) is 14.8 Å². The fraction of sp³-hybridized carbons (Fsp3) is 0. The lowest BCUT2D eigenvalue weighted by Crippen LogP contribution is -1.67. The molecule has 0 saturated heterocycles. The van der Waals surface area contributed by atoms with E-state index < -0.39 is 0 Å². The highest BCUT2D eigenvalue weighted by Crippen LogP contribution is 2.24. The molecule has 0 heterocycles. The fourth-order valence-electron chi connectivity index (χ4n) is 0.971. The standard InChI is InChI=1S/2C6H4Cl2S/c7-5-2-1-4(9)3-6(5)8;7-4-1-2-5(8)6(9)3-4/h2*1-3,9H. The topological polar surface area (TPSA) is 0 Å². The number of benzene rings is 2. The smallest absolute Gasteiger partial charge is 0.0603 e. The molecule has 96 valence electrons. The van der Waals surface area contributed by atoms with Gasteiger partial charge in [-0.25, -0.2) is 0 Å². The van der Waals surface area contributed by atoms with Crippen LogP contribution in [0.5, 0.6) is 0 Å². The van der Waals surface area contributed by atoms with Crippen LogP contribution >= 0.6 is 71.7 Å². The molecule has 0 aliphatic carbocycles. The van der Waals surface area contributed by atoms with Crippen LogP contribution in [0.3, 0.4) is 0 Å². The summed E-state index contributed by atoms with van der Waals surface area (Å²) in [5.74, 6) is 0. The lowest BCUT2D eigenvalue weighted by molar-refractivity contribution is 1.48. The second kappa shape index (κ2) is 7.78. The molecule has 0 radical (unpaired) electrons. The first-order chi connectivity index (χ1) is 8.40. The van der Waals surface area contributed by atoms with Gasteiger partial charge in [0.25, 0.3) is 0 Å². The Labute approximate surface area is 137 Å². The predicted octanol–water partition coefficient (Wildman–Crippen LogP) is 6.56. The van der Waals surface area contributed by atoms with Crippen molar-refractivity contribution >= 4 is 71.7 Å². The summed E-state index contributed by atoms with van der Waals surface area (Å²) in [6.45, 7) is 0. The first-order valence-corrected chi connectivity index (χ1v) is 7.09. The van der Waals surface area contributed by atoms with Gasteiger partial charge in [-0.05, 0) is 36.4 Å². The lowest BCUT2D eigenvalue weighted by Gasteiger charge is -1.94. The number of thiol groups is 2. The summed E-state index contributed by atoms with van der Waals surface area (Å²) in [4.78, 5) is 1.54. The van der Waals surface area contributed by atoms with E-state index in [1.165, 1.54) is 0 Å². The van der Waals surface area contributed by atoms with Crippen LogP contribution in [0, 0.1) is 0 Å². The number of rotatable bonds is 0. The molecule has 0 aromatic heterocycles.